The van der Waals surface area contributed by atoms with E-state index in [1.54, 1.807) is 36.0 Å². The summed E-state index contributed by atoms with van der Waals surface area (Å²) in [7, 11) is 0. The second kappa shape index (κ2) is 9.86. The molecule has 0 aliphatic heterocycles. The van der Waals surface area contributed by atoms with Crippen LogP contribution in [0.5, 0.6) is 0 Å². The van der Waals surface area contributed by atoms with Crippen molar-refractivity contribution in [3.05, 3.63) is 65.2 Å². The third kappa shape index (κ3) is 6.60. The Hall–Kier alpha value is -2.31. The van der Waals surface area contributed by atoms with Gasteiger partial charge < -0.3 is 15.2 Å². The second-order valence-corrected chi connectivity index (χ2v) is 6.61. The molecule has 6 heteroatoms. The van der Waals surface area contributed by atoms with Crippen LogP contribution in [0.4, 0.5) is 0 Å². The Balaban J connectivity index is 1.64. The van der Waals surface area contributed by atoms with E-state index in [4.69, 9.17) is 9.84 Å². The van der Waals surface area contributed by atoms with Crippen LogP contribution in [0.25, 0.3) is 0 Å². The van der Waals surface area contributed by atoms with Crippen LogP contribution in [0.3, 0.4) is 0 Å². The largest absolute Gasteiger partial charge is 0.452 e. The van der Waals surface area contributed by atoms with Gasteiger partial charge in [0.1, 0.15) is 0 Å². The van der Waals surface area contributed by atoms with Crippen molar-refractivity contribution in [1.82, 2.24) is 5.32 Å². The highest BCUT2D eigenvalue weighted by atomic mass is 32.2. The molecule has 132 valence electrons. The number of esters is 1. The monoisotopic (exact) mass is 359 g/mol. The summed E-state index contributed by atoms with van der Waals surface area (Å²) < 4.78 is 4.97. The van der Waals surface area contributed by atoms with Crippen molar-refractivity contribution in [3.8, 4) is 0 Å². The summed E-state index contributed by atoms with van der Waals surface area (Å²) in [6, 6.07) is 14.6. The Morgan fingerprint density at radius 2 is 1.76 bits per heavy atom. The van der Waals surface area contributed by atoms with E-state index in [9.17, 15) is 9.59 Å². The fourth-order valence-corrected chi connectivity index (χ4v) is 2.77. The Kier molecular flexibility index (Phi) is 7.50. The summed E-state index contributed by atoms with van der Waals surface area (Å²) in [6.07, 6.45) is 0. The molecule has 0 spiro atoms. The normalized spacial score (nSPS) is 10.3. The van der Waals surface area contributed by atoms with E-state index in [0.29, 0.717) is 17.7 Å². The van der Waals surface area contributed by atoms with Crippen LogP contribution in [0.2, 0.25) is 0 Å². The summed E-state index contributed by atoms with van der Waals surface area (Å²) >= 11 is 1.65. The van der Waals surface area contributed by atoms with Gasteiger partial charge in [0.05, 0.1) is 12.2 Å². The van der Waals surface area contributed by atoms with Gasteiger partial charge in [0.15, 0.2) is 6.61 Å². The fourth-order valence-electron chi connectivity index (χ4n) is 2.01. The molecule has 0 atom stereocenters. The molecule has 2 N–H and O–H groups in total. The van der Waals surface area contributed by atoms with E-state index >= 15 is 0 Å². The van der Waals surface area contributed by atoms with Gasteiger partial charge in [0.2, 0.25) is 0 Å². The van der Waals surface area contributed by atoms with E-state index in [0.717, 1.165) is 10.6 Å². The molecule has 0 bridgehead atoms. The van der Waals surface area contributed by atoms with Gasteiger partial charge in [0.25, 0.3) is 5.91 Å². The van der Waals surface area contributed by atoms with Crippen molar-refractivity contribution >= 4 is 23.6 Å². The van der Waals surface area contributed by atoms with Gasteiger partial charge >= 0.3 is 5.97 Å². The number of carbonyl (C=O) groups is 2. The van der Waals surface area contributed by atoms with Crippen molar-refractivity contribution in [2.45, 2.75) is 18.4 Å². The lowest BCUT2D eigenvalue weighted by molar-refractivity contribution is -0.124. The standard InChI is InChI=1S/C19H21NO4S/c1-14-2-8-17(9-3-14)25-11-10-20-18(22)13-24-19(23)16-6-4-15(12-21)5-7-16/h2-9,21H,10-13H2,1H3,(H,20,22). The van der Waals surface area contributed by atoms with Crippen LogP contribution in [0, 0.1) is 6.92 Å². The molecule has 0 radical (unpaired) electrons. The number of aryl methyl sites for hydroxylation is 1. The fraction of sp³-hybridized carbons (Fsp3) is 0.263. The first-order valence-electron chi connectivity index (χ1n) is 7.91. The van der Waals surface area contributed by atoms with E-state index in [1.165, 1.54) is 5.56 Å². The lowest BCUT2D eigenvalue weighted by atomic mass is 10.1. The number of amides is 1. The highest BCUT2D eigenvalue weighted by molar-refractivity contribution is 7.99. The molecule has 0 unspecified atom stereocenters. The number of ether oxygens (including phenoxy) is 1. The zero-order valence-corrected chi connectivity index (χ0v) is 14.8. The van der Waals surface area contributed by atoms with Gasteiger partial charge in [-0.25, -0.2) is 4.79 Å². The second-order valence-electron chi connectivity index (χ2n) is 5.44. The summed E-state index contributed by atoms with van der Waals surface area (Å²) in [6.45, 7) is 2.14. The predicted molar refractivity (Wildman–Crippen MR) is 97.6 cm³/mol. The first-order chi connectivity index (χ1) is 12.1. The SMILES string of the molecule is Cc1ccc(SCCNC(=O)COC(=O)c2ccc(CO)cc2)cc1. The molecule has 0 fully saturated rings. The van der Waals surface area contributed by atoms with Gasteiger partial charge in [-0.1, -0.05) is 29.8 Å². The average molecular weight is 359 g/mol. The zero-order chi connectivity index (χ0) is 18.1. The van der Waals surface area contributed by atoms with Gasteiger partial charge in [0, 0.05) is 17.2 Å². The smallest absolute Gasteiger partial charge is 0.338 e. The highest BCUT2D eigenvalue weighted by Crippen LogP contribution is 2.17. The molecular formula is C19H21NO4S. The molecule has 0 aliphatic carbocycles. The third-order valence-electron chi connectivity index (χ3n) is 3.42. The van der Waals surface area contributed by atoms with Crippen molar-refractivity contribution in [2.24, 2.45) is 0 Å². The van der Waals surface area contributed by atoms with Gasteiger partial charge in [-0.15, -0.1) is 11.8 Å². The molecule has 2 aromatic carbocycles. The van der Waals surface area contributed by atoms with Crippen molar-refractivity contribution in [2.75, 3.05) is 18.9 Å². The maximum Gasteiger partial charge on any atom is 0.338 e. The number of hydrogen-bond donors (Lipinski definition) is 2. The predicted octanol–water partition coefficient (Wildman–Crippen LogP) is 2.55. The number of nitrogens with one attached hydrogen (secondary N) is 1. The molecule has 5 nitrogen and oxygen atoms in total. The molecule has 0 heterocycles. The lowest BCUT2D eigenvalue weighted by Gasteiger charge is -2.07. The first-order valence-corrected chi connectivity index (χ1v) is 8.90. The minimum Gasteiger partial charge on any atom is -0.452 e. The number of thioether (sulfide) groups is 1. The molecule has 2 aromatic rings. The van der Waals surface area contributed by atoms with Crippen LogP contribution in [0.15, 0.2) is 53.4 Å². The van der Waals surface area contributed by atoms with Gasteiger partial charge in [-0.05, 0) is 36.8 Å². The summed E-state index contributed by atoms with van der Waals surface area (Å²) in [5, 5.41) is 11.7. The van der Waals surface area contributed by atoms with E-state index in [2.05, 4.69) is 5.32 Å². The molecule has 25 heavy (non-hydrogen) atoms. The number of rotatable bonds is 8. The number of benzene rings is 2. The van der Waals surface area contributed by atoms with E-state index < -0.39 is 5.97 Å². The van der Waals surface area contributed by atoms with Crippen LogP contribution >= 0.6 is 11.8 Å². The average Bonchev–Trinajstić information content (AvgIpc) is 2.64. The maximum absolute atomic E-state index is 11.8. The molecule has 0 saturated carbocycles. The van der Waals surface area contributed by atoms with Crippen molar-refractivity contribution < 1.29 is 19.4 Å². The van der Waals surface area contributed by atoms with Gasteiger partial charge in [-0.3, -0.25) is 4.79 Å². The lowest BCUT2D eigenvalue weighted by Crippen LogP contribution is -2.30. The minimum absolute atomic E-state index is 0.0850. The van der Waals surface area contributed by atoms with Crippen LogP contribution < -0.4 is 5.32 Å². The molecule has 0 aromatic heterocycles. The van der Waals surface area contributed by atoms with E-state index in [1.807, 2.05) is 31.2 Å². The molecular weight excluding hydrogens is 338 g/mol. The number of carbonyl (C=O) groups excluding carboxylic acids is 2. The Morgan fingerprint density at radius 3 is 2.40 bits per heavy atom. The topological polar surface area (TPSA) is 75.6 Å². The molecule has 0 saturated heterocycles. The maximum atomic E-state index is 11.8. The Labute approximate surface area is 151 Å². The zero-order valence-electron chi connectivity index (χ0n) is 14.0. The third-order valence-corrected chi connectivity index (χ3v) is 4.43. The minimum atomic E-state index is -0.561. The molecule has 1 amide bonds. The Bertz CT molecular complexity index is 698. The Morgan fingerprint density at radius 1 is 1.08 bits per heavy atom. The van der Waals surface area contributed by atoms with Crippen LogP contribution in [-0.2, 0) is 16.1 Å². The number of aliphatic hydroxyl groups is 1. The van der Waals surface area contributed by atoms with E-state index in [-0.39, 0.29) is 19.1 Å². The number of hydrogen-bond acceptors (Lipinski definition) is 5. The number of aliphatic hydroxyl groups excluding tert-OH is 1. The quantitative estimate of drug-likeness (QED) is 0.430. The summed E-state index contributed by atoms with van der Waals surface area (Å²) in [5.74, 6) is -0.149. The molecule has 2 rings (SSSR count). The van der Waals surface area contributed by atoms with Crippen molar-refractivity contribution in [1.29, 1.82) is 0 Å². The highest BCUT2D eigenvalue weighted by Gasteiger charge is 2.09. The summed E-state index contributed by atoms with van der Waals surface area (Å²) in [4.78, 5) is 24.7. The first kappa shape index (κ1) is 19.0. The summed E-state index contributed by atoms with van der Waals surface area (Å²) in [5.41, 5.74) is 2.27. The van der Waals surface area contributed by atoms with Crippen LogP contribution in [0.1, 0.15) is 21.5 Å². The van der Waals surface area contributed by atoms with Crippen molar-refractivity contribution in [3.63, 3.8) is 0 Å². The van der Waals surface area contributed by atoms with Gasteiger partial charge in [-0.2, -0.15) is 0 Å². The molecule has 0 aliphatic rings. The van der Waals surface area contributed by atoms with Crippen LogP contribution in [-0.4, -0.2) is 35.9 Å².